The highest BCUT2D eigenvalue weighted by molar-refractivity contribution is 6.00. The molecule has 0 saturated heterocycles. The van der Waals surface area contributed by atoms with Crippen LogP contribution in [0, 0.1) is 5.92 Å². The lowest BCUT2D eigenvalue weighted by Gasteiger charge is -2.16. The van der Waals surface area contributed by atoms with Gasteiger partial charge < -0.3 is 10.6 Å². The molecule has 2 N–H and O–H groups in total. The molecule has 0 atom stereocenters. The number of alkyl halides is 3. The first-order valence-corrected chi connectivity index (χ1v) is 5.93. The lowest BCUT2D eigenvalue weighted by atomic mass is 10.1. The second kappa shape index (κ2) is 5.95. The Hall–Kier alpha value is -1.72. The van der Waals surface area contributed by atoms with Crippen molar-refractivity contribution >= 4 is 11.6 Å². The molecule has 6 heteroatoms. The molecule has 1 aromatic rings. The van der Waals surface area contributed by atoms with Gasteiger partial charge in [0.05, 0.1) is 16.8 Å². The molecular weight excluding hydrogens is 257 g/mol. The zero-order valence-electron chi connectivity index (χ0n) is 11.1. The van der Waals surface area contributed by atoms with Gasteiger partial charge in [0, 0.05) is 13.6 Å². The van der Waals surface area contributed by atoms with E-state index in [4.69, 9.17) is 0 Å². The van der Waals surface area contributed by atoms with Gasteiger partial charge in [-0.3, -0.25) is 4.79 Å². The fourth-order valence-electron chi connectivity index (χ4n) is 1.64. The van der Waals surface area contributed by atoms with Gasteiger partial charge in [0.15, 0.2) is 0 Å². The molecule has 0 radical (unpaired) electrons. The molecule has 0 aliphatic heterocycles. The summed E-state index contributed by atoms with van der Waals surface area (Å²) in [5.74, 6) is -0.281. The molecule has 1 aromatic carbocycles. The maximum absolute atomic E-state index is 12.8. The molecule has 106 valence electrons. The summed E-state index contributed by atoms with van der Waals surface area (Å²) in [6, 6.07) is 3.55. The second-order valence-electron chi connectivity index (χ2n) is 4.58. The molecule has 0 fully saturated rings. The fraction of sp³-hybridized carbons (Fsp3) is 0.462. The molecule has 0 aliphatic carbocycles. The highest BCUT2D eigenvalue weighted by atomic mass is 19.4. The van der Waals surface area contributed by atoms with Crippen LogP contribution < -0.4 is 10.6 Å². The first kappa shape index (κ1) is 15.3. The summed E-state index contributed by atoms with van der Waals surface area (Å²) in [6.45, 7) is 4.23. The van der Waals surface area contributed by atoms with E-state index in [-0.39, 0.29) is 17.2 Å². The summed E-state index contributed by atoms with van der Waals surface area (Å²) in [4.78, 5) is 11.9. The number of anilines is 1. The number of hydrogen-bond acceptors (Lipinski definition) is 2. The van der Waals surface area contributed by atoms with Gasteiger partial charge in [0.1, 0.15) is 0 Å². The van der Waals surface area contributed by atoms with Crippen LogP contribution in [0.4, 0.5) is 18.9 Å². The monoisotopic (exact) mass is 274 g/mol. The maximum atomic E-state index is 12.8. The van der Waals surface area contributed by atoms with E-state index >= 15 is 0 Å². The van der Waals surface area contributed by atoms with Gasteiger partial charge in [-0.2, -0.15) is 13.2 Å². The summed E-state index contributed by atoms with van der Waals surface area (Å²) in [5.41, 5.74) is -1.04. The zero-order valence-corrected chi connectivity index (χ0v) is 11.1. The average Bonchev–Trinajstić information content (AvgIpc) is 2.33. The van der Waals surface area contributed by atoms with Crippen molar-refractivity contribution in [2.75, 3.05) is 18.9 Å². The molecular formula is C13H17F3N2O. The highest BCUT2D eigenvalue weighted by Crippen LogP contribution is 2.36. The van der Waals surface area contributed by atoms with Crippen LogP contribution in [0.15, 0.2) is 18.2 Å². The van der Waals surface area contributed by atoms with Crippen LogP contribution in [0.5, 0.6) is 0 Å². The zero-order chi connectivity index (χ0) is 14.6. The first-order valence-electron chi connectivity index (χ1n) is 5.93. The second-order valence-corrected chi connectivity index (χ2v) is 4.58. The van der Waals surface area contributed by atoms with Crippen molar-refractivity contribution in [3.63, 3.8) is 0 Å². The predicted molar refractivity (Wildman–Crippen MR) is 68.2 cm³/mol. The van der Waals surface area contributed by atoms with E-state index in [0.717, 1.165) is 6.07 Å². The summed E-state index contributed by atoms with van der Waals surface area (Å²) in [6.07, 6.45) is -4.49. The minimum Gasteiger partial charge on any atom is -0.387 e. The summed E-state index contributed by atoms with van der Waals surface area (Å²) in [5, 5.41) is 5.06. The molecule has 0 saturated carbocycles. The third-order valence-corrected chi connectivity index (χ3v) is 2.54. The summed E-state index contributed by atoms with van der Waals surface area (Å²) in [7, 11) is 1.36. The third kappa shape index (κ3) is 3.87. The Morgan fingerprint density at radius 3 is 2.42 bits per heavy atom. The Balaban J connectivity index is 3.11. The topological polar surface area (TPSA) is 41.1 Å². The smallest absolute Gasteiger partial charge is 0.387 e. The van der Waals surface area contributed by atoms with E-state index in [1.165, 1.54) is 19.2 Å². The largest absolute Gasteiger partial charge is 0.418 e. The number of rotatable bonds is 4. The van der Waals surface area contributed by atoms with Crippen molar-refractivity contribution in [1.29, 1.82) is 0 Å². The van der Waals surface area contributed by atoms with Crippen molar-refractivity contribution in [3.8, 4) is 0 Å². The molecule has 0 heterocycles. The van der Waals surface area contributed by atoms with E-state index in [1.54, 1.807) is 0 Å². The number of nitrogens with one attached hydrogen (secondary N) is 2. The van der Waals surface area contributed by atoms with E-state index in [0.29, 0.717) is 6.54 Å². The Bertz CT molecular complexity index is 456. The number of carbonyl (C=O) groups excluding carboxylic acids is 1. The van der Waals surface area contributed by atoms with Crippen LogP contribution in [0.1, 0.15) is 29.8 Å². The first-order chi connectivity index (χ1) is 8.77. The molecule has 0 spiro atoms. The molecule has 3 nitrogen and oxygen atoms in total. The number of halogens is 3. The SMILES string of the molecule is CNc1c(C(=O)NCC(C)C)cccc1C(F)(F)F. The van der Waals surface area contributed by atoms with Gasteiger partial charge in [0.2, 0.25) is 0 Å². The number of benzene rings is 1. The van der Waals surface area contributed by atoms with Crippen LogP contribution in [-0.2, 0) is 6.18 Å². The summed E-state index contributed by atoms with van der Waals surface area (Å²) < 4.78 is 38.5. The van der Waals surface area contributed by atoms with Gasteiger partial charge in [-0.05, 0) is 18.1 Å². The Labute approximate surface area is 110 Å². The Morgan fingerprint density at radius 1 is 1.32 bits per heavy atom. The molecule has 19 heavy (non-hydrogen) atoms. The van der Waals surface area contributed by atoms with Gasteiger partial charge in [-0.1, -0.05) is 19.9 Å². The minimum atomic E-state index is -4.49. The number of hydrogen-bond donors (Lipinski definition) is 2. The van der Waals surface area contributed by atoms with Gasteiger partial charge in [0.25, 0.3) is 5.91 Å². The van der Waals surface area contributed by atoms with Crippen molar-refractivity contribution in [2.24, 2.45) is 5.92 Å². The number of amides is 1. The van der Waals surface area contributed by atoms with E-state index in [2.05, 4.69) is 10.6 Å². The number of carbonyl (C=O) groups is 1. The van der Waals surface area contributed by atoms with Gasteiger partial charge in [-0.15, -0.1) is 0 Å². The normalized spacial score (nSPS) is 11.5. The fourth-order valence-corrected chi connectivity index (χ4v) is 1.64. The molecule has 0 aromatic heterocycles. The molecule has 0 unspecified atom stereocenters. The van der Waals surface area contributed by atoms with Crippen molar-refractivity contribution < 1.29 is 18.0 Å². The minimum absolute atomic E-state index is 0.00188. The van der Waals surface area contributed by atoms with Crippen molar-refractivity contribution in [1.82, 2.24) is 5.32 Å². The maximum Gasteiger partial charge on any atom is 0.418 e. The van der Waals surface area contributed by atoms with Crippen molar-refractivity contribution in [2.45, 2.75) is 20.0 Å². The van der Waals surface area contributed by atoms with Crippen LogP contribution >= 0.6 is 0 Å². The van der Waals surface area contributed by atoms with Crippen molar-refractivity contribution in [3.05, 3.63) is 29.3 Å². The van der Waals surface area contributed by atoms with Crippen LogP contribution in [0.2, 0.25) is 0 Å². The average molecular weight is 274 g/mol. The third-order valence-electron chi connectivity index (χ3n) is 2.54. The lowest BCUT2D eigenvalue weighted by Crippen LogP contribution is -2.28. The number of para-hydroxylation sites is 1. The lowest BCUT2D eigenvalue weighted by molar-refractivity contribution is -0.136. The Kier molecular flexibility index (Phi) is 4.80. The van der Waals surface area contributed by atoms with Gasteiger partial charge in [-0.25, -0.2) is 0 Å². The molecule has 1 amide bonds. The summed E-state index contributed by atoms with van der Waals surface area (Å²) >= 11 is 0. The van der Waals surface area contributed by atoms with Crippen LogP contribution in [-0.4, -0.2) is 19.5 Å². The quantitative estimate of drug-likeness (QED) is 0.885. The predicted octanol–water partition coefficient (Wildman–Crippen LogP) is 3.13. The molecule has 0 bridgehead atoms. The molecule has 1 rings (SSSR count). The standard InChI is InChI=1S/C13H17F3N2O/c1-8(2)7-18-12(19)9-5-4-6-10(11(9)17-3)13(14,15)16/h4-6,8,17H,7H2,1-3H3,(H,18,19). The van der Waals surface area contributed by atoms with Crippen LogP contribution in [0.25, 0.3) is 0 Å². The molecule has 0 aliphatic rings. The highest BCUT2D eigenvalue weighted by Gasteiger charge is 2.34. The van der Waals surface area contributed by atoms with E-state index in [9.17, 15) is 18.0 Å². The van der Waals surface area contributed by atoms with Crippen LogP contribution in [0.3, 0.4) is 0 Å². The van der Waals surface area contributed by atoms with E-state index < -0.39 is 17.6 Å². The van der Waals surface area contributed by atoms with E-state index in [1.807, 2.05) is 13.8 Å². The van der Waals surface area contributed by atoms with Gasteiger partial charge >= 0.3 is 6.18 Å². The Morgan fingerprint density at radius 2 is 1.95 bits per heavy atom.